The quantitative estimate of drug-likeness (QED) is 0.142. The Kier molecular flexibility index (Phi) is 8.23. The smallest absolute Gasteiger partial charge is 0.291 e. The van der Waals surface area contributed by atoms with Crippen LogP contribution < -0.4 is 5.73 Å². The number of guanidine groups is 1. The minimum absolute atomic E-state index is 0.148. The van der Waals surface area contributed by atoms with Gasteiger partial charge in [-0.3, -0.25) is 0 Å². The van der Waals surface area contributed by atoms with Crippen LogP contribution in [0.5, 0.6) is 0 Å². The molecule has 0 aliphatic heterocycles. The third-order valence-electron chi connectivity index (χ3n) is 0.278. The zero-order valence-electron chi connectivity index (χ0n) is 4.89. The molecule has 0 spiro atoms. The number of nitrogens with one attached hydrogen (secondary N) is 1. The molecule has 0 saturated carbocycles. The summed E-state index contributed by atoms with van der Waals surface area (Å²) in [6.45, 7) is 0. The van der Waals surface area contributed by atoms with Crippen molar-refractivity contribution in [3.05, 3.63) is 10.1 Å². The van der Waals surface area contributed by atoms with Crippen molar-refractivity contribution < 1.29 is 10.3 Å². The summed E-state index contributed by atoms with van der Waals surface area (Å²) < 4.78 is 1.65. The van der Waals surface area contributed by atoms with Crippen LogP contribution in [0.3, 0.4) is 0 Å². The Balaban J connectivity index is 0. The van der Waals surface area contributed by atoms with E-state index in [0.29, 0.717) is 0 Å². The molecule has 0 heterocycles. The Morgan fingerprint density at radius 3 is 1.90 bits per heavy atom. The second-order valence-electron chi connectivity index (χ2n) is 1.03. The molecule has 4 N–H and O–H groups in total. The van der Waals surface area contributed by atoms with Crippen molar-refractivity contribution in [1.29, 1.82) is 5.41 Å². The number of nitrogens with zero attached hydrogens (tertiary/aromatic N) is 2. The Hall–Kier alpha value is -0.413. The first-order valence-electron chi connectivity index (χ1n) is 1.84. The maximum Gasteiger partial charge on any atom is 0.291 e. The van der Waals surface area contributed by atoms with Crippen LogP contribution in [0.2, 0.25) is 0 Å². The van der Waals surface area contributed by atoms with Crippen LogP contribution in [0.4, 0.5) is 0 Å². The Bertz CT molecular complexity index is 122. The van der Waals surface area contributed by atoms with Gasteiger partial charge in [-0.1, -0.05) is 0 Å². The molecule has 0 bridgehead atoms. The third kappa shape index (κ3) is 25.6. The number of hydrogen-bond acceptors (Lipinski definition) is 3. The van der Waals surface area contributed by atoms with Gasteiger partial charge in [0.1, 0.15) is 0 Å². The monoisotopic (exact) mass is 274 g/mol. The van der Waals surface area contributed by atoms with Crippen molar-refractivity contribution in [3.8, 4) is 0 Å². The molecule has 0 saturated heterocycles. The van der Waals surface area contributed by atoms with E-state index in [1.807, 2.05) is 0 Å². The Morgan fingerprint density at radius 2 is 1.90 bits per heavy atom. The summed E-state index contributed by atoms with van der Waals surface area (Å²) in [7, 11) is 0. The molecule has 10 heavy (non-hydrogen) atoms. The third-order valence-corrected chi connectivity index (χ3v) is 1.45. The molecule has 0 aliphatic carbocycles. The summed E-state index contributed by atoms with van der Waals surface area (Å²) in [6, 6.07) is 0. The average Bonchev–Trinajstić information content (AvgIpc) is 1.63. The molecule has 0 radical (unpaired) electrons. The van der Waals surface area contributed by atoms with Crippen LogP contribution in [0.15, 0.2) is 0 Å². The number of nitrogens with two attached hydrogens (primary N) is 1. The topological polar surface area (TPSA) is 116 Å². The SMILES string of the molecule is N=C(N)N([AsH2])[AsH2].O=[N+]([O-])O. The molecule has 2 atom stereocenters. The fraction of sp³-hybridized carbons (Fsp3) is 0. The molecular formula is CH8As2N4O3. The molecule has 0 amide bonds. The van der Waals surface area contributed by atoms with Gasteiger partial charge >= 0.3 is 54.0 Å². The van der Waals surface area contributed by atoms with Crippen molar-refractivity contribution in [1.82, 2.24) is 2.73 Å². The summed E-state index contributed by atoms with van der Waals surface area (Å²) in [6.07, 6.45) is 0. The van der Waals surface area contributed by atoms with Crippen LogP contribution >= 0.6 is 0 Å². The summed E-state index contributed by atoms with van der Waals surface area (Å²) in [5, 5.41) is 20.3. The molecule has 0 fully saturated rings. The molecule has 0 aliphatic rings. The van der Waals surface area contributed by atoms with Gasteiger partial charge in [0, 0.05) is 0 Å². The second kappa shape index (κ2) is 6.70. The molecule has 0 rings (SSSR count). The average molecular weight is 274 g/mol. The normalized spacial score (nSPS) is 7.00. The van der Waals surface area contributed by atoms with E-state index in [9.17, 15) is 0 Å². The van der Waals surface area contributed by atoms with E-state index in [2.05, 4.69) is 0 Å². The van der Waals surface area contributed by atoms with E-state index >= 15 is 0 Å². The molecule has 2 unspecified atom stereocenters. The van der Waals surface area contributed by atoms with Crippen molar-refractivity contribution in [2.45, 2.75) is 0 Å². The Morgan fingerprint density at radius 1 is 1.80 bits per heavy atom. The molecule has 0 aromatic carbocycles. The van der Waals surface area contributed by atoms with Crippen LogP contribution in [0, 0.1) is 15.5 Å². The van der Waals surface area contributed by atoms with E-state index < -0.39 is 5.09 Å². The maximum atomic E-state index is 8.36. The van der Waals surface area contributed by atoms with E-state index in [-0.39, 0.29) is 5.96 Å². The molecule has 60 valence electrons. The van der Waals surface area contributed by atoms with Gasteiger partial charge in [0.15, 0.2) is 0 Å². The molecular weight excluding hydrogens is 266 g/mol. The number of rotatable bonds is 0. The van der Waals surface area contributed by atoms with E-state index in [0.717, 1.165) is 0 Å². The van der Waals surface area contributed by atoms with Crippen molar-refractivity contribution in [3.63, 3.8) is 0 Å². The van der Waals surface area contributed by atoms with Gasteiger partial charge in [0.05, 0.1) is 0 Å². The van der Waals surface area contributed by atoms with Gasteiger partial charge in [-0.2, -0.15) is 0 Å². The van der Waals surface area contributed by atoms with Gasteiger partial charge in [-0.05, 0) is 0 Å². The minimum Gasteiger partial charge on any atom is -0.328 e. The Labute approximate surface area is 74.6 Å². The summed E-state index contributed by atoms with van der Waals surface area (Å²) in [5.41, 5.74) is 4.98. The van der Waals surface area contributed by atoms with Gasteiger partial charge in [-0.25, -0.2) is 0 Å². The van der Waals surface area contributed by atoms with E-state index in [1.54, 1.807) is 2.73 Å². The first kappa shape index (κ1) is 12.3. The molecule has 9 heteroatoms. The standard InChI is InChI=1S/CH7As2N3.HNO3/c2-6(3)1(4)5;2-1(3)4/h2-3H2,(H3,4,5);(H,2,3,4). The molecule has 7 nitrogen and oxygen atoms in total. The van der Waals surface area contributed by atoms with Crippen LogP contribution in [-0.2, 0) is 0 Å². The predicted molar refractivity (Wildman–Crippen MR) is 39.6 cm³/mol. The fourth-order valence-electron chi connectivity index (χ4n) is 0. The predicted octanol–water partition coefficient (Wildman–Crippen LogP) is -3.07. The second-order valence-corrected chi connectivity index (χ2v) is 5.99. The van der Waals surface area contributed by atoms with Gasteiger partial charge in [-0.15, -0.1) is 10.1 Å². The summed E-state index contributed by atoms with van der Waals surface area (Å²) in [4.78, 5) is 8.36. The first-order valence-corrected chi connectivity index (χ1v) is 4.01. The van der Waals surface area contributed by atoms with Gasteiger partial charge in [0.2, 0.25) is 0 Å². The minimum atomic E-state index is -1.50. The maximum absolute atomic E-state index is 8.36. The van der Waals surface area contributed by atoms with Crippen LogP contribution in [-0.4, -0.2) is 53.1 Å². The largest absolute Gasteiger partial charge is 0.328 e. The van der Waals surface area contributed by atoms with E-state index in [4.69, 9.17) is 26.5 Å². The van der Waals surface area contributed by atoms with Crippen molar-refractivity contribution in [2.24, 2.45) is 5.73 Å². The fourth-order valence-corrected chi connectivity index (χ4v) is 0. The van der Waals surface area contributed by atoms with E-state index in [1.165, 1.54) is 34.2 Å². The molecule has 0 aromatic heterocycles. The van der Waals surface area contributed by atoms with Crippen LogP contribution in [0.1, 0.15) is 0 Å². The van der Waals surface area contributed by atoms with Gasteiger partial charge < -0.3 is 5.21 Å². The summed E-state index contributed by atoms with van der Waals surface area (Å²) >= 11 is 2.71. The summed E-state index contributed by atoms with van der Waals surface area (Å²) in [5.74, 6) is 0.148. The van der Waals surface area contributed by atoms with Gasteiger partial charge in [0.25, 0.3) is 5.09 Å². The zero-order valence-corrected chi connectivity index (χ0v) is 9.74. The van der Waals surface area contributed by atoms with Crippen LogP contribution in [0.25, 0.3) is 0 Å². The number of hydrogen-bond donors (Lipinski definition) is 3. The van der Waals surface area contributed by atoms with Crippen molar-refractivity contribution in [2.75, 3.05) is 0 Å². The zero-order chi connectivity index (χ0) is 8.73. The van der Waals surface area contributed by atoms with Crippen molar-refractivity contribution >= 4 is 40.1 Å². The first-order chi connectivity index (χ1) is 4.37. The molecule has 0 aromatic rings.